The summed E-state index contributed by atoms with van der Waals surface area (Å²) in [6.45, 7) is 6.62. The topological polar surface area (TPSA) is 67.7 Å². The van der Waals surface area contributed by atoms with Gasteiger partial charge < -0.3 is 4.74 Å². The van der Waals surface area contributed by atoms with Gasteiger partial charge in [-0.2, -0.15) is 22.1 Å². The van der Waals surface area contributed by atoms with E-state index in [-0.39, 0.29) is 5.92 Å². The van der Waals surface area contributed by atoms with E-state index in [1.54, 1.807) is 14.1 Å². The summed E-state index contributed by atoms with van der Waals surface area (Å²) in [7, 11) is -0.339. The highest BCUT2D eigenvalue weighted by Gasteiger charge is 2.35. The summed E-state index contributed by atoms with van der Waals surface area (Å²) in [4.78, 5) is 0. The van der Waals surface area contributed by atoms with E-state index in [0.717, 1.165) is 17.8 Å². The molecule has 0 radical (unpaired) electrons. The maximum atomic E-state index is 12.4. The predicted molar refractivity (Wildman–Crippen MR) is 80.2 cm³/mol. The molecule has 1 aliphatic heterocycles. The largest absolute Gasteiger partial charge is 0.381 e. The van der Waals surface area contributed by atoms with Crippen molar-refractivity contribution in [3.63, 3.8) is 0 Å². The number of aryl methyl sites for hydroxylation is 1. The van der Waals surface area contributed by atoms with Crippen LogP contribution in [0, 0.1) is 0 Å². The van der Waals surface area contributed by atoms with Crippen LogP contribution in [-0.2, 0) is 28.0 Å². The van der Waals surface area contributed by atoms with Crippen LogP contribution in [0.4, 0.5) is 0 Å². The molecule has 0 aliphatic carbocycles. The molecule has 1 atom stereocenters. The van der Waals surface area contributed by atoms with Crippen molar-refractivity contribution in [2.75, 3.05) is 33.9 Å². The van der Waals surface area contributed by atoms with Gasteiger partial charge in [0, 0.05) is 51.5 Å². The summed E-state index contributed by atoms with van der Waals surface area (Å²) >= 11 is 0. The van der Waals surface area contributed by atoms with Gasteiger partial charge in [-0.15, -0.1) is 0 Å². The molecule has 0 saturated heterocycles. The lowest BCUT2D eigenvalue weighted by molar-refractivity contribution is 0.120. The second-order valence-corrected chi connectivity index (χ2v) is 7.47. The molecule has 8 heteroatoms. The Balaban J connectivity index is 2.32. The lowest BCUT2D eigenvalue weighted by Crippen LogP contribution is -2.44. The van der Waals surface area contributed by atoms with E-state index >= 15 is 0 Å². The van der Waals surface area contributed by atoms with Gasteiger partial charge >= 0.3 is 0 Å². The number of fused-ring (bicyclic) bond motifs is 1. The van der Waals surface area contributed by atoms with Crippen molar-refractivity contribution in [1.82, 2.24) is 18.4 Å². The SMILES string of the molecule is CCOCC1CN(S(=O)(=O)N(C)C)Cc2nn(CC)cc21. The fourth-order valence-corrected chi connectivity index (χ4v) is 3.60. The van der Waals surface area contributed by atoms with E-state index in [1.807, 2.05) is 24.7 Å². The van der Waals surface area contributed by atoms with Crippen LogP contribution >= 0.6 is 0 Å². The molecule has 0 spiro atoms. The number of nitrogens with zero attached hydrogens (tertiary/aromatic N) is 4. The van der Waals surface area contributed by atoms with Crippen LogP contribution in [-0.4, -0.2) is 60.7 Å². The van der Waals surface area contributed by atoms with Gasteiger partial charge in [0.1, 0.15) is 0 Å². The third-order valence-electron chi connectivity index (χ3n) is 3.70. The molecule has 1 unspecified atom stereocenters. The molecular weight excluding hydrogens is 292 g/mol. The molecule has 2 rings (SSSR count). The molecule has 21 heavy (non-hydrogen) atoms. The summed E-state index contributed by atoms with van der Waals surface area (Å²) in [5.41, 5.74) is 1.94. The molecule has 0 saturated carbocycles. The molecule has 0 fully saturated rings. The highest BCUT2D eigenvalue weighted by atomic mass is 32.2. The van der Waals surface area contributed by atoms with Crippen LogP contribution in [0.25, 0.3) is 0 Å². The van der Waals surface area contributed by atoms with Gasteiger partial charge in [0.05, 0.1) is 18.8 Å². The highest BCUT2D eigenvalue weighted by Crippen LogP contribution is 2.30. The summed E-state index contributed by atoms with van der Waals surface area (Å²) in [6.07, 6.45) is 2.01. The fourth-order valence-electron chi connectivity index (χ4n) is 2.49. The second kappa shape index (κ2) is 6.43. The summed E-state index contributed by atoms with van der Waals surface area (Å²) in [5.74, 6) is 0.0312. The van der Waals surface area contributed by atoms with Crippen molar-refractivity contribution in [2.45, 2.75) is 32.9 Å². The Bertz CT molecular complexity index is 582. The smallest absolute Gasteiger partial charge is 0.281 e. The van der Waals surface area contributed by atoms with Gasteiger partial charge in [-0.3, -0.25) is 4.68 Å². The van der Waals surface area contributed by atoms with Gasteiger partial charge in [0.15, 0.2) is 0 Å². The molecule has 7 nitrogen and oxygen atoms in total. The van der Waals surface area contributed by atoms with Gasteiger partial charge in [0.2, 0.25) is 0 Å². The van der Waals surface area contributed by atoms with Crippen molar-refractivity contribution in [3.05, 3.63) is 17.5 Å². The standard InChI is InChI=1S/C13H24N4O3S/c1-5-16-8-12-11(10-20-6-2)7-17(9-13(12)14-16)21(18,19)15(3)4/h8,11H,5-7,9-10H2,1-4H3. The molecule has 1 aromatic rings. The average Bonchev–Trinajstić information content (AvgIpc) is 2.87. The van der Waals surface area contributed by atoms with E-state index in [1.165, 1.54) is 8.61 Å². The molecule has 0 amide bonds. The Labute approximate surface area is 126 Å². The molecular formula is C13H24N4O3S. The van der Waals surface area contributed by atoms with Gasteiger partial charge in [0.25, 0.3) is 10.2 Å². The minimum Gasteiger partial charge on any atom is -0.381 e. The van der Waals surface area contributed by atoms with Crippen LogP contribution < -0.4 is 0 Å². The lowest BCUT2D eigenvalue weighted by Gasteiger charge is -2.32. The quantitative estimate of drug-likeness (QED) is 0.772. The Kier molecular flexibility index (Phi) is 5.03. The Morgan fingerprint density at radius 3 is 2.71 bits per heavy atom. The normalized spacial score (nSPS) is 20.0. The van der Waals surface area contributed by atoms with Crippen LogP contribution in [0.5, 0.6) is 0 Å². The van der Waals surface area contributed by atoms with E-state index in [9.17, 15) is 8.42 Å². The fraction of sp³-hybridized carbons (Fsp3) is 0.769. The van der Waals surface area contributed by atoms with E-state index < -0.39 is 10.2 Å². The monoisotopic (exact) mass is 316 g/mol. The lowest BCUT2D eigenvalue weighted by atomic mass is 9.97. The van der Waals surface area contributed by atoms with E-state index in [4.69, 9.17) is 4.74 Å². The van der Waals surface area contributed by atoms with E-state index in [2.05, 4.69) is 5.10 Å². The molecule has 0 bridgehead atoms. The van der Waals surface area contributed by atoms with Crippen LogP contribution in [0.1, 0.15) is 31.0 Å². The van der Waals surface area contributed by atoms with Crippen LogP contribution in [0.2, 0.25) is 0 Å². The molecule has 2 heterocycles. The number of aromatic nitrogens is 2. The second-order valence-electron chi connectivity index (χ2n) is 5.33. The van der Waals surface area contributed by atoms with Crippen LogP contribution in [0.15, 0.2) is 6.20 Å². The van der Waals surface area contributed by atoms with Crippen molar-refractivity contribution in [3.8, 4) is 0 Å². The van der Waals surface area contributed by atoms with Gasteiger partial charge in [-0.25, -0.2) is 0 Å². The molecule has 0 N–H and O–H groups in total. The minimum atomic E-state index is -3.44. The number of ether oxygens (including phenoxy) is 1. The van der Waals surface area contributed by atoms with Crippen LogP contribution in [0.3, 0.4) is 0 Å². The molecule has 0 aromatic carbocycles. The molecule has 1 aromatic heterocycles. The first kappa shape index (κ1) is 16.4. The molecule has 120 valence electrons. The zero-order chi connectivity index (χ0) is 15.6. The number of hydrogen-bond acceptors (Lipinski definition) is 4. The first-order chi connectivity index (χ1) is 9.90. The van der Waals surface area contributed by atoms with E-state index in [0.29, 0.717) is 26.3 Å². The maximum Gasteiger partial charge on any atom is 0.281 e. The third-order valence-corrected chi connectivity index (χ3v) is 5.55. The zero-order valence-corrected chi connectivity index (χ0v) is 13.9. The van der Waals surface area contributed by atoms with Crippen molar-refractivity contribution in [2.24, 2.45) is 0 Å². The first-order valence-corrected chi connectivity index (χ1v) is 8.61. The average molecular weight is 316 g/mol. The van der Waals surface area contributed by atoms with Crippen molar-refractivity contribution < 1.29 is 13.2 Å². The zero-order valence-electron chi connectivity index (χ0n) is 13.1. The van der Waals surface area contributed by atoms with Gasteiger partial charge in [-0.05, 0) is 13.8 Å². The Morgan fingerprint density at radius 2 is 2.14 bits per heavy atom. The summed E-state index contributed by atoms with van der Waals surface area (Å²) in [6, 6.07) is 0. The Morgan fingerprint density at radius 1 is 1.43 bits per heavy atom. The number of rotatable bonds is 6. The van der Waals surface area contributed by atoms with Crippen molar-refractivity contribution in [1.29, 1.82) is 0 Å². The molecule has 1 aliphatic rings. The highest BCUT2D eigenvalue weighted by molar-refractivity contribution is 7.86. The maximum absolute atomic E-state index is 12.4. The van der Waals surface area contributed by atoms with Gasteiger partial charge in [-0.1, -0.05) is 0 Å². The summed E-state index contributed by atoms with van der Waals surface area (Å²) < 4.78 is 34.8. The third kappa shape index (κ3) is 3.28. The first-order valence-electron chi connectivity index (χ1n) is 7.21. The minimum absolute atomic E-state index is 0.0312. The summed E-state index contributed by atoms with van der Waals surface area (Å²) in [5, 5.41) is 4.49. The van der Waals surface area contributed by atoms with Crippen molar-refractivity contribution >= 4 is 10.2 Å². The Hall–Kier alpha value is -0.960. The number of hydrogen-bond donors (Lipinski definition) is 0. The predicted octanol–water partition coefficient (Wildman–Crippen LogP) is 0.645.